The molecule has 5 heteroatoms. The normalized spacial score (nSPS) is 10.9. The minimum absolute atomic E-state index is 0.233. The molecule has 0 unspecified atom stereocenters. The fourth-order valence-corrected chi connectivity index (χ4v) is 1.30. The van der Waals surface area contributed by atoms with Gasteiger partial charge in [-0.1, -0.05) is 12.1 Å². The van der Waals surface area contributed by atoms with E-state index in [2.05, 4.69) is 10.6 Å². The van der Waals surface area contributed by atoms with Crippen molar-refractivity contribution in [2.75, 3.05) is 12.4 Å². The van der Waals surface area contributed by atoms with Gasteiger partial charge in [-0.05, 0) is 33.0 Å². The van der Waals surface area contributed by atoms with Crippen molar-refractivity contribution in [3.8, 4) is 0 Å². The van der Waals surface area contributed by atoms with Crippen LogP contribution in [0.2, 0.25) is 0 Å². The summed E-state index contributed by atoms with van der Waals surface area (Å²) in [5.74, 6) is -0.721. The predicted octanol–water partition coefficient (Wildman–Crippen LogP) is 1.76. The summed E-state index contributed by atoms with van der Waals surface area (Å²) in [4.78, 5) is 23.1. The van der Waals surface area contributed by atoms with E-state index in [9.17, 15) is 9.59 Å². The standard InChI is InChI=1S/C13H18N2O3/c1-9(16)15-11-8-6-5-7-10(11)12(17)18-13(2,3)14-4/h5-8,14H,1-4H3,(H,15,16). The lowest BCUT2D eigenvalue weighted by Crippen LogP contribution is -2.41. The van der Waals surface area contributed by atoms with Gasteiger partial charge in [0.25, 0.3) is 0 Å². The second kappa shape index (κ2) is 5.64. The first-order chi connectivity index (χ1) is 8.35. The monoisotopic (exact) mass is 250 g/mol. The van der Waals surface area contributed by atoms with Crippen LogP contribution in [0, 0.1) is 0 Å². The molecule has 0 bridgehead atoms. The van der Waals surface area contributed by atoms with E-state index in [4.69, 9.17) is 4.74 Å². The number of nitrogens with one attached hydrogen (secondary N) is 2. The van der Waals surface area contributed by atoms with Gasteiger partial charge < -0.3 is 10.1 Å². The van der Waals surface area contributed by atoms with Gasteiger partial charge in [0.1, 0.15) is 0 Å². The molecule has 0 atom stereocenters. The molecule has 0 aromatic heterocycles. The van der Waals surface area contributed by atoms with E-state index >= 15 is 0 Å². The van der Waals surface area contributed by atoms with Crippen LogP contribution in [0.15, 0.2) is 24.3 Å². The van der Waals surface area contributed by atoms with E-state index in [1.807, 2.05) is 0 Å². The summed E-state index contributed by atoms with van der Waals surface area (Å²) in [7, 11) is 1.70. The number of esters is 1. The van der Waals surface area contributed by atoms with E-state index in [1.165, 1.54) is 6.92 Å². The third kappa shape index (κ3) is 3.85. The lowest BCUT2D eigenvalue weighted by atomic mass is 10.1. The molecular weight excluding hydrogens is 232 g/mol. The second-order valence-electron chi connectivity index (χ2n) is 4.38. The number of hydrogen-bond acceptors (Lipinski definition) is 4. The second-order valence-corrected chi connectivity index (χ2v) is 4.38. The molecule has 0 aliphatic carbocycles. The fraction of sp³-hybridized carbons (Fsp3) is 0.385. The number of rotatable bonds is 4. The average molecular weight is 250 g/mol. The van der Waals surface area contributed by atoms with Crippen LogP contribution in [-0.4, -0.2) is 24.6 Å². The highest BCUT2D eigenvalue weighted by molar-refractivity contribution is 6.00. The van der Waals surface area contributed by atoms with Gasteiger partial charge in [0.15, 0.2) is 5.72 Å². The number of amides is 1. The van der Waals surface area contributed by atoms with Crippen LogP contribution >= 0.6 is 0 Å². The van der Waals surface area contributed by atoms with Crippen molar-refractivity contribution in [2.24, 2.45) is 0 Å². The van der Waals surface area contributed by atoms with Crippen molar-refractivity contribution in [1.82, 2.24) is 5.32 Å². The van der Waals surface area contributed by atoms with Crippen LogP contribution in [0.3, 0.4) is 0 Å². The Morgan fingerprint density at radius 1 is 1.22 bits per heavy atom. The molecule has 1 aromatic rings. The Balaban J connectivity index is 2.95. The summed E-state index contributed by atoms with van der Waals surface area (Å²) in [5.41, 5.74) is 0.0124. The van der Waals surface area contributed by atoms with Gasteiger partial charge in [-0.25, -0.2) is 4.79 Å². The van der Waals surface area contributed by atoms with E-state index in [1.54, 1.807) is 45.2 Å². The number of carbonyl (C=O) groups is 2. The molecule has 0 saturated heterocycles. The van der Waals surface area contributed by atoms with E-state index in [0.717, 1.165) is 0 Å². The summed E-state index contributed by atoms with van der Waals surface area (Å²) in [6.45, 7) is 4.87. The molecule has 1 rings (SSSR count). The van der Waals surface area contributed by atoms with Crippen LogP contribution in [0.4, 0.5) is 5.69 Å². The minimum atomic E-state index is -0.763. The Kier molecular flexibility index (Phi) is 4.44. The molecule has 0 heterocycles. The minimum Gasteiger partial charge on any atom is -0.441 e. The van der Waals surface area contributed by atoms with Gasteiger partial charge in [0.05, 0.1) is 11.3 Å². The highest BCUT2D eigenvalue weighted by atomic mass is 16.6. The number of hydrogen-bond donors (Lipinski definition) is 2. The summed E-state index contributed by atoms with van der Waals surface area (Å²) < 4.78 is 5.29. The number of ether oxygens (including phenoxy) is 1. The molecule has 98 valence electrons. The van der Waals surface area contributed by atoms with Crippen LogP contribution in [0.1, 0.15) is 31.1 Å². The van der Waals surface area contributed by atoms with Crippen molar-refractivity contribution in [2.45, 2.75) is 26.5 Å². The molecule has 0 aliphatic heterocycles. The van der Waals surface area contributed by atoms with Crippen LogP contribution < -0.4 is 10.6 Å². The molecule has 0 radical (unpaired) electrons. The van der Waals surface area contributed by atoms with Gasteiger partial charge in [0, 0.05) is 6.92 Å². The Bertz CT molecular complexity index is 455. The molecular formula is C13H18N2O3. The Morgan fingerprint density at radius 2 is 1.83 bits per heavy atom. The quantitative estimate of drug-likeness (QED) is 0.631. The Hall–Kier alpha value is -1.88. The number of carbonyl (C=O) groups excluding carboxylic acids is 2. The maximum Gasteiger partial charge on any atom is 0.341 e. The topological polar surface area (TPSA) is 67.4 Å². The van der Waals surface area contributed by atoms with E-state index in [0.29, 0.717) is 11.3 Å². The summed E-state index contributed by atoms with van der Waals surface area (Å²) in [5, 5.41) is 5.47. The molecule has 1 amide bonds. The average Bonchev–Trinajstić information content (AvgIpc) is 2.28. The van der Waals surface area contributed by atoms with E-state index < -0.39 is 11.7 Å². The van der Waals surface area contributed by atoms with Crippen molar-refractivity contribution in [3.63, 3.8) is 0 Å². The highest BCUT2D eigenvalue weighted by Gasteiger charge is 2.23. The lowest BCUT2D eigenvalue weighted by Gasteiger charge is -2.24. The molecule has 1 aromatic carbocycles. The number of anilines is 1. The third-order valence-corrected chi connectivity index (χ3v) is 2.41. The van der Waals surface area contributed by atoms with Crippen molar-refractivity contribution in [1.29, 1.82) is 0 Å². The number of para-hydroxylation sites is 1. The van der Waals surface area contributed by atoms with Gasteiger partial charge in [-0.15, -0.1) is 0 Å². The summed E-state index contributed by atoms with van der Waals surface area (Å²) in [6.07, 6.45) is 0. The maximum atomic E-state index is 12.0. The largest absolute Gasteiger partial charge is 0.441 e. The molecule has 5 nitrogen and oxygen atoms in total. The zero-order valence-electron chi connectivity index (χ0n) is 11.0. The van der Waals surface area contributed by atoms with Gasteiger partial charge >= 0.3 is 5.97 Å². The van der Waals surface area contributed by atoms with E-state index in [-0.39, 0.29) is 5.91 Å². The van der Waals surface area contributed by atoms with Crippen LogP contribution in [0.5, 0.6) is 0 Å². The van der Waals surface area contributed by atoms with Crippen LogP contribution in [0.25, 0.3) is 0 Å². The fourth-order valence-electron chi connectivity index (χ4n) is 1.30. The van der Waals surface area contributed by atoms with Crippen molar-refractivity contribution in [3.05, 3.63) is 29.8 Å². The molecule has 0 aliphatic rings. The SMILES string of the molecule is CNC(C)(C)OC(=O)c1ccccc1NC(C)=O. The van der Waals surface area contributed by atoms with Crippen LogP contribution in [-0.2, 0) is 9.53 Å². The Labute approximate surface area is 107 Å². The number of benzene rings is 1. The predicted molar refractivity (Wildman–Crippen MR) is 69.3 cm³/mol. The summed E-state index contributed by atoms with van der Waals surface area (Å²) in [6, 6.07) is 6.73. The first kappa shape index (κ1) is 14.2. The summed E-state index contributed by atoms with van der Waals surface area (Å²) >= 11 is 0. The smallest absolute Gasteiger partial charge is 0.341 e. The zero-order valence-corrected chi connectivity index (χ0v) is 11.0. The molecule has 0 spiro atoms. The first-order valence-corrected chi connectivity index (χ1v) is 5.64. The van der Waals surface area contributed by atoms with Gasteiger partial charge in [0.2, 0.25) is 5.91 Å². The molecule has 0 saturated carbocycles. The highest BCUT2D eigenvalue weighted by Crippen LogP contribution is 2.18. The van der Waals surface area contributed by atoms with Gasteiger partial charge in [-0.3, -0.25) is 10.1 Å². The molecule has 0 fully saturated rings. The molecule has 2 N–H and O–H groups in total. The zero-order chi connectivity index (χ0) is 13.8. The van der Waals surface area contributed by atoms with Gasteiger partial charge in [-0.2, -0.15) is 0 Å². The van der Waals surface area contributed by atoms with Crippen molar-refractivity contribution < 1.29 is 14.3 Å². The molecule has 18 heavy (non-hydrogen) atoms. The van der Waals surface area contributed by atoms with Crippen molar-refractivity contribution >= 4 is 17.6 Å². The first-order valence-electron chi connectivity index (χ1n) is 5.64. The third-order valence-electron chi connectivity index (χ3n) is 2.41. The maximum absolute atomic E-state index is 12.0. The Morgan fingerprint density at radius 3 is 2.39 bits per heavy atom. The lowest BCUT2D eigenvalue weighted by molar-refractivity contribution is -0.114.